The molecule has 0 aliphatic rings. The van der Waals surface area contributed by atoms with Crippen molar-refractivity contribution in [3.05, 3.63) is 34.4 Å². The van der Waals surface area contributed by atoms with Gasteiger partial charge >= 0.3 is 5.69 Å². The fourth-order valence-corrected chi connectivity index (χ4v) is 2.66. The number of amides is 1. The maximum Gasteiger partial charge on any atom is 0.310 e. The molecule has 0 heterocycles. The van der Waals surface area contributed by atoms with Gasteiger partial charge in [-0.2, -0.15) is 0 Å². The molecule has 1 aromatic carbocycles. The number of nitro groups is 1. The standard InChI is InChI=1S/C16H24N2O4/c1-15(2,3)11-16(4,5)17-14(19)10-22-13-9-7-6-8-12(13)18(20)21/h6-9H,10-11H2,1-5H3,(H,17,19). The van der Waals surface area contributed by atoms with Gasteiger partial charge < -0.3 is 10.1 Å². The van der Waals surface area contributed by atoms with Crippen LogP contribution in [0.2, 0.25) is 0 Å². The van der Waals surface area contributed by atoms with Gasteiger partial charge in [-0.15, -0.1) is 0 Å². The molecule has 0 radical (unpaired) electrons. The molecule has 0 aliphatic carbocycles. The minimum atomic E-state index is -0.531. The van der Waals surface area contributed by atoms with Gasteiger partial charge in [0, 0.05) is 11.6 Å². The van der Waals surface area contributed by atoms with E-state index in [0.29, 0.717) is 0 Å². The summed E-state index contributed by atoms with van der Waals surface area (Å²) >= 11 is 0. The number of para-hydroxylation sites is 2. The lowest BCUT2D eigenvalue weighted by Gasteiger charge is -2.33. The van der Waals surface area contributed by atoms with Crippen molar-refractivity contribution in [2.24, 2.45) is 5.41 Å². The van der Waals surface area contributed by atoms with Crippen molar-refractivity contribution in [2.75, 3.05) is 6.61 Å². The van der Waals surface area contributed by atoms with Crippen LogP contribution in [0.5, 0.6) is 5.75 Å². The van der Waals surface area contributed by atoms with Crippen LogP contribution in [0.3, 0.4) is 0 Å². The zero-order valence-electron chi connectivity index (χ0n) is 13.8. The molecule has 6 nitrogen and oxygen atoms in total. The molecule has 122 valence electrons. The highest BCUT2D eigenvalue weighted by Crippen LogP contribution is 2.27. The fourth-order valence-electron chi connectivity index (χ4n) is 2.66. The van der Waals surface area contributed by atoms with E-state index >= 15 is 0 Å². The zero-order chi connectivity index (χ0) is 17.0. The van der Waals surface area contributed by atoms with Gasteiger partial charge in [0.15, 0.2) is 12.4 Å². The van der Waals surface area contributed by atoms with Crippen LogP contribution >= 0.6 is 0 Å². The van der Waals surface area contributed by atoms with E-state index in [1.54, 1.807) is 12.1 Å². The number of nitrogens with zero attached hydrogens (tertiary/aromatic N) is 1. The van der Waals surface area contributed by atoms with Gasteiger partial charge in [-0.05, 0) is 31.7 Å². The molecule has 0 bridgehead atoms. The number of hydrogen-bond donors (Lipinski definition) is 1. The van der Waals surface area contributed by atoms with E-state index in [9.17, 15) is 14.9 Å². The maximum atomic E-state index is 12.0. The topological polar surface area (TPSA) is 81.5 Å². The monoisotopic (exact) mass is 308 g/mol. The Morgan fingerprint density at radius 1 is 1.23 bits per heavy atom. The molecular weight excluding hydrogens is 284 g/mol. The maximum absolute atomic E-state index is 12.0. The van der Waals surface area contributed by atoms with Crippen molar-refractivity contribution >= 4 is 11.6 Å². The number of hydrogen-bond acceptors (Lipinski definition) is 4. The summed E-state index contributed by atoms with van der Waals surface area (Å²) in [5.41, 5.74) is -0.443. The molecule has 1 amide bonds. The van der Waals surface area contributed by atoms with Gasteiger partial charge in [0.05, 0.1) is 4.92 Å². The van der Waals surface area contributed by atoms with Crippen LogP contribution < -0.4 is 10.1 Å². The van der Waals surface area contributed by atoms with Gasteiger partial charge in [-0.25, -0.2) is 0 Å². The van der Waals surface area contributed by atoms with E-state index in [1.807, 2.05) is 13.8 Å². The van der Waals surface area contributed by atoms with E-state index in [1.165, 1.54) is 12.1 Å². The van der Waals surface area contributed by atoms with E-state index in [0.717, 1.165) is 6.42 Å². The summed E-state index contributed by atoms with van der Waals surface area (Å²) in [5.74, 6) is -0.205. The Hall–Kier alpha value is -2.11. The zero-order valence-corrected chi connectivity index (χ0v) is 13.8. The first kappa shape index (κ1) is 17.9. The summed E-state index contributed by atoms with van der Waals surface area (Å²) < 4.78 is 5.28. The lowest BCUT2D eigenvalue weighted by atomic mass is 9.82. The lowest BCUT2D eigenvalue weighted by molar-refractivity contribution is -0.385. The molecule has 22 heavy (non-hydrogen) atoms. The Morgan fingerprint density at radius 3 is 2.36 bits per heavy atom. The molecule has 0 unspecified atom stereocenters. The molecule has 0 fully saturated rings. The van der Waals surface area contributed by atoms with Crippen LogP contribution in [0.1, 0.15) is 41.0 Å². The number of ether oxygens (including phenoxy) is 1. The minimum Gasteiger partial charge on any atom is -0.477 e. The Morgan fingerprint density at radius 2 is 1.82 bits per heavy atom. The smallest absolute Gasteiger partial charge is 0.310 e. The predicted octanol–water partition coefficient (Wildman–Crippen LogP) is 3.30. The van der Waals surface area contributed by atoms with E-state index < -0.39 is 4.92 Å². The average Bonchev–Trinajstić information content (AvgIpc) is 2.32. The van der Waals surface area contributed by atoms with Gasteiger partial charge in [-0.1, -0.05) is 32.9 Å². The molecule has 0 aliphatic heterocycles. The van der Waals surface area contributed by atoms with Crippen LogP contribution in [0, 0.1) is 15.5 Å². The third-order valence-corrected chi connectivity index (χ3v) is 2.87. The Balaban J connectivity index is 2.62. The highest BCUT2D eigenvalue weighted by molar-refractivity contribution is 5.78. The summed E-state index contributed by atoms with van der Waals surface area (Å²) in [4.78, 5) is 22.3. The minimum absolute atomic E-state index is 0.0792. The number of benzene rings is 1. The Kier molecular flexibility index (Phi) is 5.52. The molecule has 0 spiro atoms. The van der Waals surface area contributed by atoms with Crippen LogP contribution in [0.4, 0.5) is 5.69 Å². The number of nitrogens with one attached hydrogen (secondary N) is 1. The Bertz CT molecular complexity index is 547. The van der Waals surface area contributed by atoms with Crippen molar-refractivity contribution < 1.29 is 14.5 Å². The Labute approximate surface area is 131 Å². The number of rotatable bonds is 6. The highest BCUT2D eigenvalue weighted by atomic mass is 16.6. The number of carbonyl (C=O) groups excluding carboxylic acids is 1. The van der Waals surface area contributed by atoms with Crippen molar-refractivity contribution in [1.82, 2.24) is 5.32 Å². The summed E-state index contributed by atoms with van der Waals surface area (Å²) in [6.07, 6.45) is 0.803. The van der Waals surface area contributed by atoms with Crippen molar-refractivity contribution in [2.45, 2.75) is 46.6 Å². The molecule has 0 saturated heterocycles. The SMILES string of the molecule is CC(C)(C)CC(C)(C)NC(=O)COc1ccccc1[N+](=O)[O-]. The second-order valence-electron chi connectivity index (χ2n) is 7.18. The first-order chi connectivity index (χ1) is 10.0. The predicted molar refractivity (Wildman–Crippen MR) is 84.9 cm³/mol. The molecule has 0 atom stereocenters. The van der Waals surface area contributed by atoms with Gasteiger partial charge in [-0.3, -0.25) is 14.9 Å². The van der Waals surface area contributed by atoms with Crippen molar-refractivity contribution in [3.8, 4) is 5.75 Å². The van der Waals surface area contributed by atoms with E-state index in [2.05, 4.69) is 26.1 Å². The number of carbonyl (C=O) groups is 1. The van der Waals surface area contributed by atoms with Crippen LogP contribution in [0.25, 0.3) is 0 Å². The molecule has 1 rings (SSSR count). The normalized spacial score (nSPS) is 11.9. The number of nitro benzene ring substituents is 1. The first-order valence-corrected chi connectivity index (χ1v) is 7.17. The summed E-state index contributed by atoms with van der Waals surface area (Å²) in [6.45, 7) is 9.95. The quantitative estimate of drug-likeness (QED) is 0.645. The molecule has 6 heteroatoms. The largest absolute Gasteiger partial charge is 0.477 e. The lowest BCUT2D eigenvalue weighted by Crippen LogP contribution is -2.47. The molecular formula is C16H24N2O4. The van der Waals surface area contributed by atoms with Crippen LogP contribution in [-0.2, 0) is 4.79 Å². The molecule has 0 saturated carbocycles. The van der Waals surface area contributed by atoms with Crippen molar-refractivity contribution in [1.29, 1.82) is 0 Å². The van der Waals surface area contributed by atoms with Gasteiger partial charge in [0.25, 0.3) is 5.91 Å². The van der Waals surface area contributed by atoms with E-state index in [-0.39, 0.29) is 34.9 Å². The summed E-state index contributed by atoms with van der Waals surface area (Å²) in [6, 6.07) is 6.00. The van der Waals surface area contributed by atoms with Crippen LogP contribution in [0.15, 0.2) is 24.3 Å². The second kappa shape index (κ2) is 6.77. The van der Waals surface area contributed by atoms with Gasteiger partial charge in [0.2, 0.25) is 0 Å². The van der Waals surface area contributed by atoms with Crippen LogP contribution in [-0.4, -0.2) is 23.0 Å². The fraction of sp³-hybridized carbons (Fsp3) is 0.562. The summed E-state index contributed by atoms with van der Waals surface area (Å²) in [5, 5.41) is 13.8. The van der Waals surface area contributed by atoms with E-state index in [4.69, 9.17) is 4.74 Å². The second-order valence-corrected chi connectivity index (χ2v) is 7.18. The highest BCUT2D eigenvalue weighted by Gasteiger charge is 2.27. The molecule has 1 N–H and O–H groups in total. The average molecular weight is 308 g/mol. The third kappa shape index (κ3) is 6.11. The first-order valence-electron chi connectivity index (χ1n) is 7.17. The summed E-state index contributed by atoms with van der Waals surface area (Å²) in [7, 11) is 0. The molecule has 1 aromatic rings. The van der Waals surface area contributed by atoms with Crippen molar-refractivity contribution in [3.63, 3.8) is 0 Å². The van der Waals surface area contributed by atoms with Gasteiger partial charge in [0.1, 0.15) is 0 Å². The molecule has 0 aromatic heterocycles. The third-order valence-electron chi connectivity index (χ3n) is 2.87.